The van der Waals surface area contributed by atoms with Gasteiger partial charge in [0.05, 0.1) is 29.1 Å². The summed E-state index contributed by atoms with van der Waals surface area (Å²) in [5, 5.41) is 25.5. The molecule has 0 aliphatic rings. The first-order valence-electron chi connectivity index (χ1n) is 12.8. The maximum atomic E-state index is 13.6. The Morgan fingerprint density at radius 2 is 1.70 bits per heavy atom. The standard InChI is InChI=1S/C29H35N3O7S/c1-20(2)18-31(40(37,38)25-14-12-24(39-4)13-15-25)19-28(33)27(16-22-8-6-5-7-9-22)30-29(34)26-17-23(32(35)36)11-10-21(26)3/h5-15,17,20,27-28,33H,16,18-19H2,1-4H3,(H,30,34). The van der Waals surface area contributed by atoms with Gasteiger partial charge in [0.2, 0.25) is 10.0 Å². The van der Waals surface area contributed by atoms with Gasteiger partial charge in [0.25, 0.3) is 11.6 Å². The fourth-order valence-electron chi connectivity index (χ4n) is 4.28. The quantitative estimate of drug-likeness (QED) is 0.235. The highest BCUT2D eigenvalue weighted by Gasteiger charge is 2.32. The van der Waals surface area contributed by atoms with Gasteiger partial charge in [-0.05, 0) is 54.7 Å². The van der Waals surface area contributed by atoms with Crippen molar-refractivity contribution in [2.24, 2.45) is 5.92 Å². The summed E-state index contributed by atoms with van der Waals surface area (Å²) in [5.41, 5.74) is 1.21. The molecule has 3 aromatic carbocycles. The van der Waals surface area contributed by atoms with E-state index in [1.807, 2.05) is 44.2 Å². The molecule has 2 unspecified atom stereocenters. The Labute approximate surface area is 234 Å². The minimum Gasteiger partial charge on any atom is -0.497 e. The molecule has 2 N–H and O–H groups in total. The minimum atomic E-state index is -3.99. The number of hydrogen-bond donors (Lipinski definition) is 2. The van der Waals surface area contributed by atoms with Crippen LogP contribution in [0.25, 0.3) is 0 Å². The maximum Gasteiger partial charge on any atom is 0.270 e. The summed E-state index contributed by atoms with van der Waals surface area (Å²) in [5.74, 6) is -0.138. The molecule has 214 valence electrons. The molecular weight excluding hydrogens is 534 g/mol. The van der Waals surface area contributed by atoms with Crippen LogP contribution in [0, 0.1) is 23.0 Å². The highest BCUT2D eigenvalue weighted by Crippen LogP contribution is 2.22. The van der Waals surface area contributed by atoms with Crippen LogP contribution < -0.4 is 10.1 Å². The van der Waals surface area contributed by atoms with Crippen molar-refractivity contribution in [1.29, 1.82) is 0 Å². The average molecular weight is 570 g/mol. The molecule has 0 aromatic heterocycles. The van der Waals surface area contributed by atoms with Gasteiger partial charge in [-0.2, -0.15) is 4.31 Å². The van der Waals surface area contributed by atoms with Crippen molar-refractivity contribution in [1.82, 2.24) is 9.62 Å². The number of carbonyl (C=O) groups excluding carboxylic acids is 1. The van der Waals surface area contributed by atoms with Gasteiger partial charge in [0.15, 0.2) is 0 Å². The van der Waals surface area contributed by atoms with E-state index in [2.05, 4.69) is 5.32 Å². The molecule has 1 amide bonds. The lowest BCUT2D eigenvalue weighted by Crippen LogP contribution is -2.51. The lowest BCUT2D eigenvalue weighted by molar-refractivity contribution is -0.384. The van der Waals surface area contributed by atoms with Crippen LogP contribution in [-0.2, 0) is 16.4 Å². The molecule has 3 rings (SSSR count). The first-order chi connectivity index (χ1) is 18.9. The second-order valence-electron chi connectivity index (χ2n) is 9.98. The molecule has 2 atom stereocenters. The van der Waals surface area contributed by atoms with E-state index in [1.54, 1.807) is 19.1 Å². The van der Waals surface area contributed by atoms with Gasteiger partial charge in [-0.15, -0.1) is 0 Å². The monoisotopic (exact) mass is 569 g/mol. The van der Waals surface area contributed by atoms with Crippen LogP contribution in [0.5, 0.6) is 5.75 Å². The van der Waals surface area contributed by atoms with Crippen molar-refractivity contribution in [3.8, 4) is 5.75 Å². The second kappa shape index (κ2) is 13.5. The Morgan fingerprint density at radius 3 is 2.27 bits per heavy atom. The summed E-state index contributed by atoms with van der Waals surface area (Å²) in [4.78, 5) is 24.0. The first kappa shape index (κ1) is 30.7. The number of methoxy groups -OCH3 is 1. The summed E-state index contributed by atoms with van der Waals surface area (Å²) >= 11 is 0. The Balaban J connectivity index is 1.93. The number of nitrogens with zero attached hydrogens (tertiary/aromatic N) is 2. The number of nitrogens with one attached hydrogen (secondary N) is 1. The average Bonchev–Trinajstić information content (AvgIpc) is 2.92. The summed E-state index contributed by atoms with van der Waals surface area (Å²) < 4.78 is 33.5. The number of aryl methyl sites for hydroxylation is 1. The summed E-state index contributed by atoms with van der Waals surface area (Å²) in [6.07, 6.45) is -1.09. The topological polar surface area (TPSA) is 139 Å². The van der Waals surface area contributed by atoms with Crippen molar-refractivity contribution in [2.75, 3.05) is 20.2 Å². The zero-order valence-electron chi connectivity index (χ0n) is 23.0. The Hall–Kier alpha value is -3.80. The van der Waals surface area contributed by atoms with Crippen LogP contribution >= 0.6 is 0 Å². The first-order valence-corrected chi connectivity index (χ1v) is 14.3. The second-order valence-corrected chi connectivity index (χ2v) is 11.9. The fourth-order valence-corrected chi connectivity index (χ4v) is 5.90. The number of aliphatic hydroxyl groups excluding tert-OH is 1. The molecule has 0 saturated carbocycles. The Morgan fingerprint density at radius 1 is 1.05 bits per heavy atom. The summed E-state index contributed by atoms with van der Waals surface area (Å²) in [7, 11) is -2.51. The number of aliphatic hydroxyl groups is 1. The highest BCUT2D eigenvalue weighted by atomic mass is 32.2. The molecule has 0 aliphatic carbocycles. The number of ether oxygens (including phenoxy) is 1. The van der Waals surface area contributed by atoms with E-state index in [1.165, 1.54) is 41.7 Å². The van der Waals surface area contributed by atoms with Crippen LogP contribution in [0.3, 0.4) is 0 Å². The number of non-ortho nitro benzene ring substituents is 1. The van der Waals surface area contributed by atoms with Crippen molar-refractivity contribution in [2.45, 2.75) is 44.2 Å². The lowest BCUT2D eigenvalue weighted by Gasteiger charge is -2.31. The van der Waals surface area contributed by atoms with E-state index in [0.717, 1.165) is 5.56 Å². The molecule has 3 aromatic rings. The van der Waals surface area contributed by atoms with E-state index in [0.29, 0.717) is 11.3 Å². The third-order valence-electron chi connectivity index (χ3n) is 6.41. The van der Waals surface area contributed by atoms with Gasteiger partial charge < -0.3 is 15.2 Å². The van der Waals surface area contributed by atoms with Crippen LogP contribution in [0.2, 0.25) is 0 Å². The van der Waals surface area contributed by atoms with E-state index in [4.69, 9.17) is 4.74 Å². The van der Waals surface area contributed by atoms with Crippen LogP contribution in [-0.4, -0.2) is 61.0 Å². The molecule has 10 nitrogen and oxygen atoms in total. The third kappa shape index (κ3) is 7.87. The maximum absolute atomic E-state index is 13.6. The number of sulfonamides is 1. The Bertz CT molecular complexity index is 1410. The van der Waals surface area contributed by atoms with Gasteiger partial charge in [-0.1, -0.05) is 50.2 Å². The van der Waals surface area contributed by atoms with Crippen molar-refractivity contribution < 1.29 is 28.0 Å². The number of amides is 1. The normalized spacial score (nSPS) is 13.2. The highest BCUT2D eigenvalue weighted by molar-refractivity contribution is 7.89. The molecular formula is C29H35N3O7S. The molecule has 0 spiro atoms. The predicted molar refractivity (Wildman–Crippen MR) is 152 cm³/mol. The number of nitro groups is 1. The lowest BCUT2D eigenvalue weighted by atomic mass is 9.99. The zero-order chi connectivity index (χ0) is 29.4. The number of rotatable bonds is 13. The smallest absolute Gasteiger partial charge is 0.270 e. The minimum absolute atomic E-state index is 0.0464. The number of nitro benzene ring substituents is 1. The fraction of sp³-hybridized carbons (Fsp3) is 0.345. The van der Waals surface area contributed by atoms with Crippen molar-refractivity contribution in [3.05, 3.63) is 99.6 Å². The van der Waals surface area contributed by atoms with E-state index in [9.17, 15) is 28.4 Å². The number of hydrogen-bond acceptors (Lipinski definition) is 7. The largest absolute Gasteiger partial charge is 0.497 e. The molecule has 11 heteroatoms. The van der Waals surface area contributed by atoms with Gasteiger partial charge >= 0.3 is 0 Å². The SMILES string of the molecule is COc1ccc(S(=O)(=O)N(CC(C)C)CC(O)C(Cc2ccccc2)NC(=O)c2cc([N+](=O)[O-])ccc2C)cc1. The molecule has 0 fully saturated rings. The van der Waals surface area contributed by atoms with Gasteiger partial charge in [-0.25, -0.2) is 8.42 Å². The summed E-state index contributed by atoms with van der Waals surface area (Å²) in [6.45, 7) is 5.27. The summed E-state index contributed by atoms with van der Waals surface area (Å²) in [6, 6.07) is 18.3. The van der Waals surface area contributed by atoms with E-state index in [-0.39, 0.29) is 41.6 Å². The van der Waals surface area contributed by atoms with Crippen LogP contribution in [0.4, 0.5) is 5.69 Å². The van der Waals surface area contributed by atoms with Gasteiger partial charge in [0, 0.05) is 30.8 Å². The molecule has 0 saturated heterocycles. The van der Waals surface area contributed by atoms with E-state index < -0.39 is 33.0 Å². The predicted octanol–water partition coefficient (Wildman–Crippen LogP) is 3.96. The Kier molecular flexibility index (Phi) is 10.4. The number of carbonyl (C=O) groups is 1. The van der Waals surface area contributed by atoms with Crippen LogP contribution in [0.1, 0.15) is 35.3 Å². The molecule has 0 bridgehead atoms. The molecule has 0 aliphatic heterocycles. The van der Waals surface area contributed by atoms with Crippen molar-refractivity contribution >= 4 is 21.6 Å². The van der Waals surface area contributed by atoms with Crippen LogP contribution in [0.15, 0.2) is 77.7 Å². The van der Waals surface area contributed by atoms with Gasteiger partial charge in [-0.3, -0.25) is 14.9 Å². The molecule has 0 radical (unpaired) electrons. The zero-order valence-corrected chi connectivity index (χ0v) is 23.8. The van der Waals surface area contributed by atoms with Gasteiger partial charge in [0.1, 0.15) is 5.75 Å². The third-order valence-corrected chi connectivity index (χ3v) is 8.26. The van der Waals surface area contributed by atoms with Crippen molar-refractivity contribution in [3.63, 3.8) is 0 Å². The number of benzene rings is 3. The molecule has 0 heterocycles. The molecule has 40 heavy (non-hydrogen) atoms. The van der Waals surface area contributed by atoms with E-state index >= 15 is 0 Å².